The largest absolute Gasteiger partial charge is 0.379 e. The van der Waals surface area contributed by atoms with Gasteiger partial charge in [0.15, 0.2) is 5.65 Å². The third kappa shape index (κ3) is 5.65. The van der Waals surface area contributed by atoms with Crippen molar-refractivity contribution in [1.82, 2.24) is 24.2 Å². The Labute approximate surface area is 243 Å². The van der Waals surface area contributed by atoms with Crippen LogP contribution in [0.3, 0.4) is 0 Å². The third-order valence-corrected chi connectivity index (χ3v) is 9.67. The van der Waals surface area contributed by atoms with Gasteiger partial charge in [0.2, 0.25) is 21.4 Å². The Morgan fingerprint density at radius 3 is 2.57 bits per heavy atom. The normalized spacial score (nSPS) is 15.5. The number of aryl methyl sites for hydroxylation is 3. The maximum Gasteiger partial charge on any atom is 0.256 e. The maximum atomic E-state index is 13.2. The van der Waals surface area contributed by atoms with Gasteiger partial charge in [-0.3, -0.25) is 9.59 Å². The van der Waals surface area contributed by atoms with E-state index in [0.29, 0.717) is 44.1 Å². The molecular weight excluding hydrogens is 556 g/mol. The zero-order valence-corrected chi connectivity index (χ0v) is 24.1. The van der Waals surface area contributed by atoms with Gasteiger partial charge in [-0.25, -0.2) is 13.4 Å². The molecule has 218 valence electrons. The van der Waals surface area contributed by atoms with E-state index in [2.05, 4.69) is 32.7 Å². The minimum atomic E-state index is -3.34. The van der Waals surface area contributed by atoms with E-state index in [-0.39, 0.29) is 22.7 Å². The Kier molecular flexibility index (Phi) is 7.76. The molecule has 0 unspecified atom stereocenters. The Morgan fingerprint density at radius 1 is 1.05 bits per heavy atom. The van der Waals surface area contributed by atoms with Crippen molar-refractivity contribution in [3.05, 3.63) is 87.3 Å². The molecule has 0 radical (unpaired) electrons. The highest BCUT2D eigenvalue weighted by Gasteiger charge is 2.24. The second-order valence-electron chi connectivity index (χ2n) is 10.5. The van der Waals surface area contributed by atoms with Crippen LogP contribution >= 0.6 is 0 Å². The monoisotopic (exact) mass is 588 g/mol. The van der Waals surface area contributed by atoms with Crippen LogP contribution in [0.4, 0.5) is 11.6 Å². The highest BCUT2D eigenvalue weighted by atomic mass is 32.2. The van der Waals surface area contributed by atoms with Gasteiger partial charge in [-0.15, -0.1) is 0 Å². The summed E-state index contributed by atoms with van der Waals surface area (Å²) in [6.07, 6.45) is 6.51. The lowest BCUT2D eigenvalue weighted by Gasteiger charge is -2.26. The minimum Gasteiger partial charge on any atom is -0.379 e. The summed E-state index contributed by atoms with van der Waals surface area (Å²) < 4.78 is 33.8. The van der Waals surface area contributed by atoms with Crippen molar-refractivity contribution in [2.75, 3.05) is 44.4 Å². The fraction of sp³-hybridized carbons (Fsp3) is 0.333. The Bertz CT molecular complexity index is 1810. The molecular formula is C30H32N6O5S. The fourth-order valence-electron chi connectivity index (χ4n) is 5.46. The quantitative estimate of drug-likeness (QED) is 0.321. The van der Waals surface area contributed by atoms with E-state index in [1.807, 2.05) is 30.3 Å². The molecule has 0 atom stereocenters. The summed E-state index contributed by atoms with van der Waals surface area (Å²) in [4.78, 5) is 34.8. The van der Waals surface area contributed by atoms with Gasteiger partial charge in [0.25, 0.3) is 5.91 Å². The van der Waals surface area contributed by atoms with Crippen molar-refractivity contribution in [2.24, 2.45) is 0 Å². The van der Waals surface area contributed by atoms with Crippen molar-refractivity contribution in [2.45, 2.75) is 25.7 Å². The van der Waals surface area contributed by atoms with Crippen LogP contribution in [0.2, 0.25) is 0 Å². The lowest BCUT2D eigenvalue weighted by atomic mass is 10.1. The lowest BCUT2D eigenvalue weighted by molar-refractivity contribution is 0.0730. The topological polar surface area (TPSA) is 136 Å². The second kappa shape index (κ2) is 11.6. The zero-order valence-electron chi connectivity index (χ0n) is 23.3. The van der Waals surface area contributed by atoms with Gasteiger partial charge in [0.1, 0.15) is 5.56 Å². The van der Waals surface area contributed by atoms with E-state index >= 15 is 0 Å². The number of hydrogen-bond donors (Lipinski definition) is 2. The van der Waals surface area contributed by atoms with Gasteiger partial charge < -0.3 is 19.9 Å². The molecule has 2 N–H and O–H groups in total. The van der Waals surface area contributed by atoms with E-state index in [9.17, 15) is 18.0 Å². The molecule has 11 nitrogen and oxygen atoms in total. The summed E-state index contributed by atoms with van der Waals surface area (Å²) in [5, 5.41) is 5.96. The number of amides is 1. The van der Waals surface area contributed by atoms with Gasteiger partial charge in [0, 0.05) is 43.9 Å². The molecule has 6 rings (SSSR count). The number of rotatable bonds is 8. The number of nitrogens with zero attached hydrogens (tertiary/aromatic N) is 4. The molecule has 2 aliphatic rings. The number of hydrogen-bond acceptors (Lipinski definition) is 8. The smallest absolute Gasteiger partial charge is 0.256 e. The van der Waals surface area contributed by atoms with Crippen LogP contribution in [-0.2, 0) is 34.0 Å². The average Bonchev–Trinajstić information content (AvgIpc) is 3.49. The molecule has 1 amide bonds. The molecule has 2 aromatic carbocycles. The van der Waals surface area contributed by atoms with Crippen LogP contribution in [0, 0.1) is 0 Å². The van der Waals surface area contributed by atoms with E-state index in [1.165, 1.54) is 34.9 Å². The Morgan fingerprint density at radius 2 is 1.81 bits per heavy atom. The molecule has 1 saturated heterocycles. The summed E-state index contributed by atoms with van der Waals surface area (Å²) in [5.74, 6) is -0.157. The molecule has 1 fully saturated rings. The van der Waals surface area contributed by atoms with Crippen molar-refractivity contribution >= 4 is 38.6 Å². The van der Waals surface area contributed by atoms with Crippen LogP contribution in [0.15, 0.2) is 59.7 Å². The predicted molar refractivity (Wildman–Crippen MR) is 160 cm³/mol. The number of carbonyl (C=O) groups is 1. The standard InChI is InChI=1S/C30H32N6O5S/c1-31-29(38)26-19-36(24-10-7-21-3-2-4-22(21)17-24)28-25(27(26)37)18-32-30(34-28)33-23-8-5-20(6-9-23)11-16-42(39,40)35-12-14-41-15-13-35/h5-10,17-19H,2-4,11-16H2,1H3,(H,31,38)(H,32,33,34). The van der Waals surface area contributed by atoms with Crippen molar-refractivity contribution in [1.29, 1.82) is 0 Å². The lowest BCUT2D eigenvalue weighted by Crippen LogP contribution is -2.42. The Hall–Kier alpha value is -4.13. The van der Waals surface area contributed by atoms with Crippen molar-refractivity contribution in [3.8, 4) is 5.69 Å². The number of pyridine rings is 1. The van der Waals surface area contributed by atoms with Gasteiger partial charge in [0.05, 0.1) is 24.4 Å². The van der Waals surface area contributed by atoms with Crippen LogP contribution in [0.1, 0.15) is 33.5 Å². The molecule has 1 aliphatic heterocycles. The van der Waals surface area contributed by atoms with Crippen molar-refractivity contribution < 1.29 is 17.9 Å². The predicted octanol–water partition coefficient (Wildman–Crippen LogP) is 2.58. The van der Waals surface area contributed by atoms with Crippen LogP contribution in [-0.4, -0.2) is 72.3 Å². The van der Waals surface area contributed by atoms with Crippen LogP contribution < -0.4 is 16.1 Å². The van der Waals surface area contributed by atoms with E-state index < -0.39 is 21.4 Å². The van der Waals surface area contributed by atoms with Gasteiger partial charge >= 0.3 is 0 Å². The zero-order chi connectivity index (χ0) is 29.3. The molecule has 12 heteroatoms. The van der Waals surface area contributed by atoms with Crippen LogP contribution in [0.5, 0.6) is 0 Å². The number of benzene rings is 2. The molecule has 2 aromatic heterocycles. The number of anilines is 2. The fourth-order valence-corrected chi connectivity index (χ4v) is 6.91. The molecule has 42 heavy (non-hydrogen) atoms. The highest BCUT2D eigenvalue weighted by molar-refractivity contribution is 7.89. The summed E-state index contributed by atoms with van der Waals surface area (Å²) >= 11 is 0. The van der Waals surface area contributed by atoms with Crippen LogP contribution in [0.25, 0.3) is 16.7 Å². The maximum absolute atomic E-state index is 13.2. The number of nitrogens with one attached hydrogen (secondary N) is 2. The van der Waals surface area contributed by atoms with Gasteiger partial charge in [-0.1, -0.05) is 18.2 Å². The van der Waals surface area contributed by atoms with Gasteiger partial charge in [-0.2, -0.15) is 9.29 Å². The Balaban J connectivity index is 1.27. The SMILES string of the molecule is CNC(=O)c1cn(-c2ccc3c(c2)CCC3)c2nc(Nc3ccc(CCS(=O)(=O)N4CCOCC4)cc3)ncc2c1=O. The number of aromatic nitrogens is 3. The first-order valence-corrected chi connectivity index (χ1v) is 15.6. The number of morpholine rings is 1. The van der Waals surface area contributed by atoms with Gasteiger partial charge in [-0.05, 0) is 66.6 Å². The van der Waals surface area contributed by atoms with Crippen molar-refractivity contribution in [3.63, 3.8) is 0 Å². The van der Waals surface area contributed by atoms with E-state index in [0.717, 1.165) is 30.5 Å². The molecule has 4 aromatic rings. The molecule has 0 spiro atoms. The first kappa shape index (κ1) is 28.0. The summed E-state index contributed by atoms with van der Waals surface area (Å²) in [5.41, 5.74) is 4.94. The van der Waals surface area contributed by atoms with E-state index in [1.54, 1.807) is 4.57 Å². The number of carbonyl (C=O) groups excluding carboxylic acids is 1. The second-order valence-corrected chi connectivity index (χ2v) is 12.5. The summed E-state index contributed by atoms with van der Waals surface area (Å²) in [6, 6.07) is 13.6. The summed E-state index contributed by atoms with van der Waals surface area (Å²) in [7, 11) is -1.85. The first-order valence-electron chi connectivity index (χ1n) is 14.0. The number of ether oxygens (including phenoxy) is 1. The molecule has 1 aliphatic carbocycles. The average molecular weight is 589 g/mol. The molecule has 0 saturated carbocycles. The number of fused-ring (bicyclic) bond motifs is 2. The first-order chi connectivity index (χ1) is 20.3. The number of sulfonamides is 1. The minimum absolute atomic E-state index is 0.0148. The molecule has 0 bridgehead atoms. The van der Waals surface area contributed by atoms with E-state index in [4.69, 9.17) is 4.74 Å². The molecule has 3 heterocycles. The summed E-state index contributed by atoms with van der Waals surface area (Å²) in [6.45, 7) is 1.64. The third-order valence-electron chi connectivity index (χ3n) is 7.80. The highest BCUT2D eigenvalue weighted by Crippen LogP contribution is 2.26.